The molecular weight excluding hydrogens is 378 g/mol. The lowest BCUT2D eigenvalue weighted by Crippen LogP contribution is -2.14. The molecule has 2 aromatic heterocycles. The Morgan fingerprint density at radius 3 is 2.54 bits per heavy atom. The largest absolute Gasteiger partial charge is 0.461 e. The van der Waals surface area contributed by atoms with Crippen LogP contribution in [0.15, 0.2) is 30.5 Å². The summed E-state index contributed by atoms with van der Waals surface area (Å²) >= 11 is 6.03. The number of nitrogens with zero attached hydrogens (tertiary/aromatic N) is 5. The molecule has 3 aromatic rings. The summed E-state index contributed by atoms with van der Waals surface area (Å²) in [5.74, 6) is -0.531. The molecule has 0 saturated heterocycles. The van der Waals surface area contributed by atoms with Gasteiger partial charge in [0, 0.05) is 25.3 Å². The van der Waals surface area contributed by atoms with Crippen molar-refractivity contribution in [2.75, 3.05) is 20.7 Å². The lowest BCUT2D eigenvalue weighted by atomic mass is 10.0. The summed E-state index contributed by atoms with van der Waals surface area (Å²) in [7, 11) is 3.79. The number of aryl methyl sites for hydroxylation is 1. The summed E-state index contributed by atoms with van der Waals surface area (Å²) in [6, 6.07) is 7.50. The molecule has 0 bridgehead atoms. The predicted octanol–water partition coefficient (Wildman–Crippen LogP) is 3.72. The number of halogens is 1. The van der Waals surface area contributed by atoms with E-state index in [1.165, 1.54) is 0 Å². The molecule has 0 amide bonds. The minimum absolute atomic E-state index is 0.125. The fourth-order valence-electron chi connectivity index (χ4n) is 2.84. The van der Waals surface area contributed by atoms with Crippen molar-refractivity contribution in [1.82, 2.24) is 24.7 Å². The van der Waals surface area contributed by atoms with E-state index in [4.69, 9.17) is 21.4 Å². The SMILES string of the molecule is CCOC(=O)c1nnc2c(-c3ccc(Cl)cc3)c(CC)nn2c1/C=C/N(C)C. The molecule has 8 heteroatoms. The van der Waals surface area contributed by atoms with Gasteiger partial charge in [-0.25, -0.2) is 9.31 Å². The summed E-state index contributed by atoms with van der Waals surface area (Å²) in [4.78, 5) is 14.3. The molecule has 3 rings (SSSR count). The third-order valence-corrected chi connectivity index (χ3v) is 4.37. The van der Waals surface area contributed by atoms with Crippen molar-refractivity contribution in [2.24, 2.45) is 0 Å². The van der Waals surface area contributed by atoms with E-state index in [1.54, 1.807) is 17.5 Å². The van der Waals surface area contributed by atoms with Gasteiger partial charge in [-0.2, -0.15) is 5.10 Å². The number of ether oxygens (including phenoxy) is 1. The van der Waals surface area contributed by atoms with Crippen LogP contribution in [0.2, 0.25) is 5.02 Å². The van der Waals surface area contributed by atoms with Crippen LogP contribution in [0.4, 0.5) is 0 Å². The van der Waals surface area contributed by atoms with Gasteiger partial charge in [0.2, 0.25) is 0 Å². The second kappa shape index (κ2) is 8.39. The van der Waals surface area contributed by atoms with Crippen molar-refractivity contribution in [3.05, 3.63) is 52.6 Å². The number of esters is 1. The summed E-state index contributed by atoms with van der Waals surface area (Å²) < 4.78 is 6.80. The summed E-state index contributed by atoms with van der Waals surface area (Å²) in [6.45, 7) is 4.03. The van der Waals surface area contributed by atoms with Crippen LogP contribution in [0.3, 0.4) is 0 Å². The van der Waals surface area contributed by atoms with Gasteiger partial charge in [-0.15, -0.1) is 10.2 Å². The maximum absolute atomic E-state index is 12.4. The molecule has 2 heterocycles. The number of carbonyl (C=O) groups excluding carboxylic acids is 1. The zero-order valence-corrected chi connectivity index (χ0v) is 17.1. The smallest absolute Gasteiger partial charge is 0.361 e. The van der Waals surface area contributed by atoms with Crippen molar-refractivity contribution < 1.29 is 9.53 Å². The van der Waals surface area contributed by atoms with Crippen LogP contribution in [-0.4, -0.2) is 51.4 Å². The number of hydrogen-bond acceptors (Lipinski definition) is 6. The topological polar surface area (TPSA) is 72.6 Å². The molecule has 7 nitrogen and oxygen atoms in total. The maximum Gasteiger partial charge on any atom is 0.361 e. The van der Waals surface area contributed by atoms with Gasteiger partial charge in [-0.05, 0) is 37.1 Å². The first-order chi connectivity index (χ1) is 13.5. The minimum Gasteiger partial charge on any atom is -0.461 e. The maximum atomic E-state index is 12.4. The van der Waals surface area contributed by atoms with Gasteiger partial charge in [0.15, 0.2) is 11.3 Å². The number of carbonyl (C=O) groups is 1. The van der Waals surface area contributed by atoms with E-state index in [-0.39, 0.29) is 12.3 Å². The molecule has 0 radical (unpaired) electrons. The Hall–Kier alpha value is -2.93. The average molecular weight is 400 g/mol. The fraction of sp³-hybridized carbons (Fsp3) is 0.300. The first kappa shape index (κ1) is 19.8. The van der Waals surface area contributed by atoms with E-state index in [0.29, 0.717) is 22.8 Å². The standard InChI is InChI=1S/C20H22ClN5O2/c1-5-15-17(13-7-9-14(21)10-8-13)19-23-22-18(20(27)28-6-2)16(26(19)24-15)11-12-25(3)4/h7-12H,5-6H2,1-4H3/b12-11+. The highest BCUT2D eigenvalue weighted by atomic mass is 35.5. The molecule has 1 aromatic carbocycles. The molecule has 0 aliphatic carbocycles. The molecule has 146 valence electrons. The predicted molar refractivity (Wildman–Crippen MR) is 109 cm³/mol. The molecular formula is C20H22ClN5O2. The van der Waals surface area contributed by atoms with Gasteiger partial charge in [-0.1, -0.05) is 30.7 Å². The number of fused-ring (bicyclic) bond motifs is 1. The average Bonchev–Trinajstić information content (AvgIpc) is 3.05. The molecule has 0 fully saturated rings. The van der Waals surface area contributed by atoms with Crippen LogP contribution >= 0.6 is 11.6 Å². The molecule has 28 heavy (non-hydrogen) atoms. The van der Waals surface area contributed by atoms with Crippen molar-refractivity contribution in [1.29, 1.82) is 0 Å². The van der Waals surface area contributed by atoms with Gasteiger partial charge in [0.25, 0.3) is 0 Å². The van der Waals surface area contributed by atoms with Crippen LogP contribution in [0, 0.1) is 0 Å². The number of hydrogen-bond donors (Lipinski definition) is 0. The highest BCUT2D eigenvalue weighted by Crippen LogP contribution is 2.30. The quantitative estimate of drug-likeness (QED) is 0.588. The molecule has 0 aliphatic rings. The zero-order valence-electron chi connectivity index (χ0n) is 16.3. The third-order valence-electron chi connectivity index (χ3n) is 4.12. The third kappa shape index (κ3) is 3.84. The Morgan fingerprint density at radius 1 is 1.21 bits per heavy atom. The van der Waals surface area contributed by atoms with Crippen LogP contribution in [0.5, 0.6) is 0 Å². The fourth-order valence-corrected chi connectivity index (χ4v) is 2.96. The Kier molecular flexibility index (Phi) is 5.94. The van der Waals surface area contributed by atoms with Crippen LogP contribution in [0.25, 0.3) is 22.9 Å². The van der Waals surface area contributed by atoms with E-state index in [2.05, 4.69) is 10.2 Å². The van der Waals surface area contributed by atoms with Crippen molar-refractivity contribution in [3.8, 4) is 11.1 Å². The minimum atomic E-state index is -0.531. The molecule has 0 aliphatic heterocycles. The lowest BCUT2D eigenvalue weighted by molar-refractivity contribution is 0.0517. The van der Waals surface area contributed by atoms with E-state index in [1.807, 2.05) is 56.4 Å². The van der Waals surface area contributed by atoms with E-state index in [9.17, 15) is 4.79 Å². The molecule has 0 unspecified atom stereocenters. The van der Waals surface area contributed by atoms with Gasteiger partial charge in [0.1, 0.15) is 5.69 Å². The van der Waals surface area contributed by atoms with E-state index in [0.717, 1.165) is 16.8 Å². The van der Waals surface area contributed by atoms with Crippen molar-refractivity contribution in [3.63, 3.8) is 0 Å². The second-order valence-corrected chi connectivity index (χ2v) is 6.79. The zero-order chi connectivity index (χ0) is 20.3. The van der Waals surface area contributed by atoms with Crippen molar-refractivity contribution in [2.45, 2.75) is 20.3 Å². The Labute approximate surface area is 168 Å². The van der Waals surface area contributed by atoms with Crippen LogP contribution < -0.4 is 0 Å². The van der Waals surface area contributed by atoms with Gasteiger partial charge in [-0.3, -0.25) is 0 Å². The number of rotatable bonds is 6. The highest BCUT2D eigenvalue weighted by molar-refractivity contribution is 6.30. The monoisotopic (exact) mass is 399 g/mol. The van der Waals surface area contributed by atoms with E-state index >= 15 is 0 Å². The Bertz CT molecular complexity index is 1030. The Balaban J connectivity index is 2.29. The first-order valence-electron chi connectivity index (χ1n) is 9.02. The number of benzene rings is 1. The first-order valence-corrected chi connectivity index (χ1v) is 9.40. The highest BCUT2D eigenvalue weighted by Gasteiger charge is 2.22. The van der Waals surface area contributed by atoms with Crippen molar-refractivity contribution >= 4 is 29.3 Å². The summed E-state index contributed by atoms with van der Waals surface area (Å²) in [6.07, 6.45) is 4.31. The number of aromatic nitrogens is 4. The summed E-state index contributed by atoms with van der Waals surface area (Å²) in [5.41, 5.74) is 3.90. The normalized spacial score (nSPS) is 11.3. The lowest BCUT2D eigenvalue weighted by Gasteiger charge is -2.08. The summed E-state index contributed by atoms with van der Waals surface area (Å²) in [5, 5.41) is 13.9. The van der Waals surface area contributed by atoms with Gasteiger partial charge < -0.3 is 9.64 Å². The molecule has 0 spiro atoms. The molecule has 0 N–H and O–H groups in total. The molecule has 0 atom stereocenters. The molecule has 0 saturated carbocycles. The van der Waals surface area contributed by atoms with Gasteiger partial charge >= 0.3 is 5.97 Å². The van der Waals surface area contributed by atoms with E-state index < -0.39 is 5.97 Å². The van der Waals surface area contributed by atoms with Crippen LogP contribution in [0.1, 0.15) is 35.7 Å². The van der Waals surface area contributed by atoms with Crippen LogP contribution in [-0.2, 0) is 11.2 Å². The Morgan fingerprint density at radius 2 is 1.93 bits per heavy atom. The van der Waals surface area contributed by atoms with Gasteiger partial charge in [0.05, 0.1) is 17.9 Å². The second-order valence-electron chi connectivity index (χ2n) is 6.35.